The number of carbonyl (C=O) groups is 1. The minimum Gasteiger partial charge on any atom is -0.397 e. The Labute approximate surface area is 95.5 Å². The maximum atomic E-state index is 12.2. The van der Waals surface area contributed by atoms with Gasteiger partial charge in [0.1, 0.15) is 0 Å². The highest BCUT2D eigenvalue weighted by molar-refractivity contribution is 5.94. The zero-order valence-corrected chi connectivity index (χ0v) is 9.52. The quantitative estimate of drug-likeness (QED) is 0.781. The number of nitrogens with zero attached hydrogens (tertiary/aromatic N) is 2. The molecule has 1 aromatic rings. The van der Waals surface area contributed by atoms with Crippen molar-refractivity contribution < 1.29 is 4.79 Å². The van der Waals surface area contributed by atoms with E-state index in [0.29, 0.717) is 17.3 Å². The van der Waals surface area contributed by atoms with Gasteiger partial charge in [-0.1, -0.05) is 0 Å². The van der Waals surface area contributed by atoms with E-state index in [-0.39, 0.29) is 5.91 Å². The van der Waals surface area contributed by atoms with Crippen molar-refractivity contribution in [3.05, 3.63) is 24.0 Å². The van der Waals surface area contributed by atoms with E-state index in [1.54, 1.807) is 18.5 Å². The number of anilines is 1. The van der Waals surface area contributed by atoms with Gasteiger partial charge in [-0.3, -0.25) is 9.78 Å². The van der Waals surface area contributed by atoms with Crippen LogP contribution in [0.15, 0.2) is 18.5 Å². The van der Waals surface area contributed by atoms with Crippen LogP contribution in [0.2, 0.25) is 0 Å². The summed E-state index contributed by atoms with van der Waals surface area (Å²) in [4.78, 5) is 18.1. The predicted molar refractivity (Wildman–Crippen MR) is 63.0 cm³/mol. The van der Waals surface area contributed by atoms with E-state index in [2.05, 4.69) is 11.9 Å². The monoisotopic (exact) mass is 219 g/mol. The summed E-state index contributed by atoms with van der Waals surface area (Å²) in [6.45, 7) is 2.94. The molecule has 0 aliphatic carbocycles. The van der Waals surface area contributed by atoms with Gasteiger partial charge in [0.2, 0.25) is 0 Å². The molecule has 2 heterocycles. The fourth-order valence-corrected chi connectivity index (χ4v) is 2.14. The van der Waals surface area contributed by atoms with Crippen molar-refractivity contribution in [2.75, 3.05) is 12.3 Å². The SMILES string of the molecule is C[C@H]1CCCCN1C(=O)c1cncc(N)c1. The Hall–Kier alpha value is -1.58. The van der Waals surface area contributed by atoms with Crippen LogP contribution in [0.25, 0.3) is 0 Å². The standard InChI is InChI=1S/C12H17N3O/c1-9-4-2-3-5-15(9)12(16)10-6-11(13)8-14-7-10/h6-9H,2-5,13H2,1H3/t9-/m0/s1. The van der Waals surface area contributed by atoms with E-state index in [9.17, 15) is 4.79 Å². The van der Waals surface area contributed by atoms with Crippen molar-refractivity contribution in [1.29, 1.82) is 0 Å². The summed E-state index contributed by atoms with van der Waals surface area (Å²) in [5, 5.41) is 0. The summed E-state index contributed by atoms with van der Waals surface area (Å²) in [6, 6.07) is 2.01. The van der Waals surface area contributed by atoms with Gasteiger partial charge < -0.3 is 10.6 Å². The van der Waals surface area contributed by atoms with Gasteiger partial charge in [-0.15, -0.1) is 0 Å². The molecule has 1 atom stereocenters. The average molecular weight is 219 g/mol. The second-order valence-electron chi connectivity index (χ2n) is 4.35. The molecule has 4 heteroatoms. The molecule has 0 spiro atoms. The van der Waals surface area contributed by atoms with Crippen molar-refractivity contribution in [2.45, 2.75) is 32.2 Å². The summed E-state index contributed by atoms with van der Waals surface area (Å²) in [5.74, 6) is 0.0481. The van der Waals surface area contributed by atoms with Gasteiger partial charge in [-0.2, -0.15) is 0 Å². The number of hydrogen-bond acceptors (Lipinski definition) is 3. The summed E-state index contributed by atoms with van der Waals surface area (Å²) in [7, 11) is 0. The first-order chi connectivity index (χ1) is 7.68. The molecular formula is C12H17N3O. The van der Waals surface area contributed by atoms with Crippen LogP contribution in [-0.2, 0) is 0 Å². The van der Waals surface area contributed by atoms with Crippen LogP contribution in [0, 0.1) is 0 Å². The maximum absolute atomic E-state index is 12.2. The first-order valence-corrected chi connectivity index (χ1v) is 5.70. The lowest BCUT2D eigenvalue weighted by Gasteiger charge is -2.33. The minimum atomic E-state index is 0.0481. The Balaban J connectivity index is 2.17. The molecule has 0 aromatic carbocycles. The Morgan fingerprint density at radius 2 is 2.31 bits per heavy atom. The van der Waals surface area contributed by atoms with E-state index in [0.717, 1.165) is 19.4 Å². The number of piperidine rings is 1. The fraction of sp³-hybridized carbons (Fsp3) is 0.500. The second-order valence-corrected chi connectivity index (χ2v) is 4.35. The van der Waals surface area contributed by atoms with Crippen molar-refractivity contribution in [1.82, 2.24) is 9.88 Å². The highest BCUT2D eigenvalue weighted by Gasteiger charge is 2.24. The molecule has 4 nitrogen and oxygen atoms in total. The zero-order valence-electron chi connectivity index (χ0n) is 9.52. The molecule has 86 valence electrons. The van der Waals surface area contributed by atoms with Gasteiger partial charge in [0, 0.05) is 25.0 Å². The predicted octanol–water partition coefficient (Wildman–Crippen LogP) is 1.68. The third-order valence-electron chi connectivity index (χ3n) is 3.07. The largest absolute Gasteiger partial charge is 0.397 e. The first-order valence-electron chi connectivity index (χ1n) is 5.70. The lowest BCUT2D eigenvalue weighted by Crippen LogP contribution is -2.42. The molecule has 1 amide bonds. The van der Waals surface area contributed by atoms with E-state index in [1.165, 1.54) is 6.42 Å². The number of nitrogens with two attached hydrogens (primary N) is 1. The third-order valence-corrected chi connectivity index (χ3v) is 3.07. The molecule has 0 saturated carbocycles. The Morgan fingerprint density at radius 1 is 1.50 bits per heavy atom. The van der Waals surface area contributed by atoms with E-state index in [4.69, 9.17) is 5.73 Å². The van der Waals surface area contributed by atoms with Crippen LogP contribution >= 0.6 is 0 Å². The van der Waals surface area contributed by atoms with Crippen LogP contribution in [0.4, 0.5) is 5.69 Å². The van der Waals surface area contributed by atoms with Crippen molar-refractivity contribution in [2.24, 2.45) is 0 Å². The first kappa shape index (κ1) is 10.9. The van der Waals surface area contributed by atoms with Crippen molar-refractivity contribution >= 4 is 11.6 Å². The Kier molecular flexibility index (Phi) is 3.08. The number of likely N-dealkylation sites (tertiary alicyclic amines) is 1. The molecule has 2 N–H and O–H groups in total. The molecule has 16 heavy (non-hydrogen) atoms. The van der Waals surface area contributed by atoms with Crippen LogP contribution in [0.1, 0.15) is 36.5 Å². The molecule has 0 unspecified atom stereocenters. The smallest absolute Gasteiger partial charge is 0.255 e. The molecule has 1 aliphatic rings. The summed E-state index contributed by atoms with van der Waals surface area (Å²) in [5.41, 5.74) is 6.76. The van der Waals surface area contributed by atoms with Gasteiger partial charge in [-0.05, 0) is 32.3 Å². The van der Waals surface area contributed by atoms with Crippen molar-refractivity contribution in [3.8, 4) is 0 Å². The summed E-state index contributed by atoms with van der Waals surface area (Å²) < 4.78 is 0. The van der Waals surface area contributed by atoms with Crippen LogP contribution in [0.5, 0.6) is 0 Å². The maximum Gasteiger partial charge on any atom is 0.255 e. The summed E-state index contributed by atoms with van der Waals surface area (Å²) >= 11 is 0. The van der Waals surface area contributed by atoms with Crippen LogP contribution in [-0.4, -0.2) is 28.4 Å². The third kappa shape index (κ3) is 2.15. The van der Waals surface area contributed by atoms with E-state index in [1.807, 2.05) is 4.90 Å². The molecular weight excluding hydrogens is 202 g/mol. The zero-order chi connectivity index (χ0) is 11.5. The van der Waals surface area contributed by atoms with Gasteiger partial charge in [0.05, 0.1) is 11.3 Å². The molecule has 1 fully saturated rings. The van der Waals surface area contributed by atoms with Gasteiger partial charge in [-0.25, -0.2) is 0 Å². The average Bonchev–Trinajstić information content (AvgIpc) is 2.29. The van der Waals surface area contributed by atoms with Gasteiger partial charge >= 0.3 is 0 Å². The normalized spacial score (nSPS) is 20.8. The lowest BCUT2D eigenvalue weighted by molar-refractivity contribution is 0.0635. The van der Waals surface area contributed by atoms with Gasteiger partial charge in [0.25, 0.3) is 5.91 Å². The van der Waals surface area contributed by atoms with Gasteiger partial charge in [0.15, 0.2) is 0 Å². The molecule has 1 aromatic heterocycles. The molecule has 1 saturated heterocycles. The lowest BCUT2D eigenvalue weighted by atomic mass is 10.0. The Bertz CT molecular complexity index is 392. The second kappa shape index (κ2) is 4.51. The topological polar surface area (TPSA) is 59.2 Å². The van der Waals surface area contributed by atoms with Crippen LogP contribution < -0.4 is 5.73 Å². The number of pyridine rings is 1. The number of nitrogen functional groups attached to an aromatic ring is 1. The molecule has 0 radical (unpaired) electrons. The van der Waals surface area contributed by atoms with Crippen LogP contribution in [0.3, 0.4) is 0 Å². The molecule has 0 bridgehead atoms. The number of amides is 1. The Morgan fingerprint density at radius 3 is 3.00 bits per heavy atom. The van der Waals surface area contributed by atoms with E-state index >= 15 is 0 Å². The van der Waals surface area contributed by atoms with E-state index < -0.39 is 0 Å². The minimum absolute atomic E-state index is 0.0481. The number of carbonyl (C=O) groups excluding carboxylic acids is 1. The molecule has 2 rings (SSSR count). The highest BCUT2D eigenvalue weighted by Crippen LogP contribution is 2.19. The van der Waals surface area contributed by atoms with Crippen molar-refractivity contribution in [3.63, 3.8) is 0 Å². The number of rotatable bonds is 1. The highest BCUT2D eigenvalue weighted by atomic mass is 16.2. The fourth-order valence-electron chi connectivity index (χ4n) is 2.14. The molecule has 1 aliphatic heterocycles. The number of aromatic nitrogens is 1. The summed E-state index contributed by atoms with van der Waals surface area (Å²) in [6.07, 6.45) is 6.52. The number of hydrogen-bond donors (Lipinski definition) is 1.